The zero-order chi connectivity index (χ0) is 18.9. The number of carbonyl (C=O) groups excluding carboxylic acids is 2. The van der Waals surface area contributed by atoms with E-state index < -0.39 is 24.0 Å². The Morgan fingerprint density at radius 2 is 1.92 bits per heavy atom. The number of imidazole rings is 1. The first-order valence-electron chi connectivity index (χ1n) is 8.30. The second-order valence-corrected chi connectivity index (χ2v) is 5.94. The van der Waals surface area contributed by atoms with E-state index in [1.54, 1.807) is 6.20 Å². The minimum Gasteiger partial charge on any atom is -0.480 e. The Kier molecular flexibility index (Phi) is 6.90. The quantitative estimate of drug-likeness (QED) is 0.524. The predicted molar refractivity (Wildman–Crippen MR) is 94.2 cm³/mol. The van der Waals surface area contributed by atoms with Gasteiger partial charge in [-0.1, -0.05) is 30.3 Å². The maximum absolute atomic E-state index is 12.4. The minimum atomic E-state index is -1.14. The van der Waals surface area contributed by atoms with E-state index in [2.05, 4.69) is 20.6 Å². The summed E-state index contributed by atoms with van der Waals surface area (Å²) in [7, 11) is 0. The summed E-state index contributed by atoms with van der Waals surface area (Å²) in [4.78, 5) is 42.5. The standard InChI is InChI=1S/C18H22N4O4/c1-12(18(25)26)21-17(24)15(9-13-5-3-2-4-6-13)22-16(23)8-7-14-10-19-11-20-14/h2-6,10-12,15H,7-9H2,1H3,(H,19,20)(H,21,24)(H,22,23)(H,25,26)/t12-,15+/m0/s1. The largest absolute Gasteiger partial charge is 0.480 e. The van der Waals surface area contributed by atoms with Crippen molar-refractivity contribution >= 4 is 17.8 Å². The molecule has 8 heteroatoms. The lowest BCUT2D eigenvalue weighted by molar-refractivity contribution is -0.141. The number of aromatic amines is 1. The van der Waals surface area contributed by atoms with Gasteiger partial charge in [-0.15, -0.1) is 0 Å². The first-order chi connectivity index (χ1) is 12.5. The number of nitrogens with one attached hydrogen (secondary N) is 3. The molecular weight excluding hydrogens is 336 g/mol. The number of rotatable bonds is 9. The molecule has 1 aromatic carbocycles. The average Bonchev–Trinajstić information content (AvgIpc) is 3.13. The zero-order valence-corrected chi connectivity index (χ0v) is 14.4. The average molecular weight is 358 g/mol. The van der Waals surface area contributed by atoms with Gasteiger partial charge in [-0.25, -0.2) is 4.98 Å². The van der Waals surface area contributed by atoms with Crippen LogP contribution in [0.1, 0.15) is 24.6 Å². The molecule has 138 valence electrons. The number of carbonyl (C=O) groups is 3. The normalized spacial score (nSPS) is 12.8. The van der Waals surface area contributed by atoms with Crippen molar-refractivity contribution in [2.75, 3.05) is 0 Å². The number of hydrogen-bond donors (Lipinski definition) is 4. The van der Waals surface area contributed by atoms with Gasteiger partial charge in [-0.05, 0) is 18.9 Å². The third kappa shape index (κ3) is 6.04. The van der Waals surface area contributed by atoms with Gasteiger partial charge in [0.1, 0.15) is 12.1 Å². The topological polar surface area (TPSA) is 124 Å². The monoisotopic (exact) mass is 358 g/mol. The number of benzene rings is 1. The van der Waals surface area contributed by atoms with Crippen LogP contribution in [0.4, 0.5) is 0 Å². The van der Waals surface area contributed by atoms with Crippen LogP contribution in [0.2, 0.25) is 0 Å². The number of H-pyrrole nitrogens is 1. The summed E-state index contributed by atoms with van der Waals surface area (Å²) in [5.41, 5.74) is 1.62. The lowest BCUT2D eigenvalue weighted by Gasteiger charge is -2.20. The highest BCUT2D eigenvalue weighted by atomic mass is 16.4. The van der Waals surface area contributed by atoms with E-state index in [0.717, 1.165) is 11.3 Å². The Morgan fingerprint density at radius 1 is 1.19 bits per heavy atom. The highest BCUT2D eigenvalue weighted by molar-refractivity contribution is 5.90. The fourth-order valence-corrected chi connectivity index (χ4v) is 2.37. The molecule has 1 aromatic heterocycles. The summed E-state index contributed by atoms with van der Waals surface area (Å²) in [6.07, 6.45) is 4.13. The molecule has 0 aliphatic carbocycles. The van der Waals surface area contributed by atoms with Crippen molar-refractivity contribution in [2.24, 2.45) is 0 Å². The SMILES string of the molecule is C[C@H](NC(=O)[C@@H](Cc1ccccc1)NC(=O)CCc1c[nH]cn1)C(=O)O. The first kappa shape index (κ1) is 19.2. The molecule has 2 atom stereocenters. The van der Waals surface area contributed by atoms with Crippen molar-refractivity contribution in [2.45, 2.75) is 38.3 Å². The third-order valence-corrected chi connectivity index (χ3v) is 3.83. The first-order valence-corrected chi connectivity index (χ1v) is 8.30. The van der Waals surface area contributed by atoms with Gasteiger partial charge in [0.15, 0.2) is 0 Å². The highest BCUT2D eigenvalue weighted by Gasteiger charge is 2.24. The molecule has 0 radical (unpaired) electrons. The molecule has 2 amide bonds. The van der Waals surface area contributed by atoms with Gasteiger partial charge in [0.25, 0.3) is 0 Å². The Hall–Kier alpha value is -3.16. The van der Waals surface area contributed by atoms with Crippen LogP contribution < -0.4 is 10.6 Å². The van der Waals surface area contributed by atoms with Crippen molar-refractivity contribution < 1.29 is 19.5 Å². The van der Waals surface area contributed by atoms with Gasteiger partial charge in [0.2, 0.25) is 11.8 Å². The van der Waals surface area contributed by atoms with E-state index in [1.807, 2.05) is 30.3 Å². The summed E-state index contributed by atoms with van der Waals surface area (Å²) >= 11 is 0. The van der Waals surface area contributed by atoms with Crippen LogP contribution in [0, 0.1) is 0 Å². The molecule has 8 nitrogen and oxygen atoms in total. The van der Waals surface area contributed by atoms with Gasteiger partial charge in [-0.3, -0.25) is 14.4 Å². The molecule has 0 fully saturated rings. The number of hydrogen-bond acceptors (Lipinski definition) is 4. The molecule has 0 saturated heterocycles. The van der Waals surface area contributed by atoms with Crippen molar-refractivity contribution in [1.29, 1.82) is 0 Å². The van der Waals surface area contributed by atoms with Gasteiger partial charge in [0.05, 0.1) is 12.0 Å². The van der Waals surface area contributed by atoms with E-state index in [4.69, 9.17) is 5.11 Å². The number of aryl methyl sites for hydroxylation is 1. The lowest BCUT2D eigenvalue weighted by Crippen LogP contribution is -2.51. The molecule has 26 heavy (non-hydrogen) atoms. The Balaban J connectivity index is 2.00. The van der Waals surface area contributed by atoms with Crippen molar-refractivity contribution in [1.82, 2.24) is 20.6 Å². The minimum absolute atomic E-state index is 0.178. The smallest absolute Gasteiger partial charge is 0.325 e. The number of nitrogens with zero attached hydrogens (tertiary/aromatic N) is 1. The van der Waals surface area contributed by atoms with E-state index >= 15 is 0 Å². The van der Waals surface area contributed by atoms with Crippen molar-refractivity contribution in [3.8, 4) is 0 Å². The molecule has 0 aliphatic rings. The van der Waals surface area contributed by atoms with Crippen LogP contribution in [-0.2, 0) is 27.2 Å². The van der Waals surface area contributed by atoms with E-state index in [9.17, 15) is 14.4 Å². The molecular formula is C18H22N4O4. The number of aliphatic carboxylic acids is 1. The Bertz CT molecular complexity index is 731. The van der Waals surface area contributed by atoms with Crippen LogP contribution in [-0.4, -0.2) is 44.9 Å². The molecule has 2 aromatic rings. The maximum atomic E-state index is 12.4. The van der Waals surface area contributed by atoms with Crippen LogP contribution in [0.5, 0.6) is 0 Å². The number of aromatic nitrogens is 2. The summed E-state index contributed by atoms with van der Waals surface area (Å²) in [5, 5.41) is 14.1. The van der Waals surface area contributed by atoms with Gasteiger partial charge in [-0.2, -0.15) is 0 Å². The van der Waals surface area contributed by atoms with Crippen LogP contribution >= 0.6 is 0 Å². The van der Waals surface area contributed by atoms with Crippen LogP contribution in [0.25, 0.3) is 0 Å². The second-order valence-electron chi connectivity index (χ2n) is 5.94. The third-order valence-electron chi connectivity index (χ3n) is 3.83. The summed E-state index contributed by atoms with van der Waals surface area (Å²) in [5.74, 6) is -1.97. The molecule has 2 rings (SSSR count). The van der Waals surface area contributed by atoms with E-state index in [-0.39, 0.29) is 18.7 Å². The van der Waals surface area contributed by atoms with Crippen LogP contribution in [0.15, 0.2) is 42.9 Å². The lowest BCUT2D eigenvalue weighted by atomic mass is 10.0. The van der Waals surface area contributed by atoms with Crippen molar-refractivity contribution in [3.05, 3.63) is 54.1 Å². The number of carboxylic acid groups (broad SMARTS) is 1. The molecule has 1 heterocycles. The van der Waals surface area contributed by atoms with Gasteiger partial charge < -0.3 is 20.7 Å². The fourth-order valence-electron chi connectivity index (χ4n) is 2.37. The molecule has 4 N–H and O–H groups in total. The zero-order valence-electron chi connectivity index (χ0n) is 14.4. The summed E-state index contributed by atoms with van der Waals surface area (Å²) in [6.45, 7) is 1.37. The summed E-state index contributed by atoms with van der Waals surface area (Å²) < 4.78 is 0. The van der Waals surface area contributed by atoms with Crippen LogP contribution in [0.3, 0.4) is 0 Å². The maximum Gasteiger partial charge on any atom is 0.325 e. The molecule has 0 unspecified atom stereocenters. The predicted octanol–water partition coefficient (Wildman–Crippen LogP) is 0.659. The molecule has 0 aliphatic heterocycles. The number of amides is 2. The summed E-state index contributed by atoms with van der Waals surface area (Å²) in [6, 6.07) is 7.32. The van der Waals surface area contributed by atoms with E-state index in [0.29, 0.717) is 6.42 Å². The Morgan fingerprint density at radius 3 is 2.54 bits per heavy atom. The molecule has 0 bridgehead atoms. The highest BCUT2D eigenvalue weighted by Crippen LogP contribution is 2.05. The molecule has 0 spiro atoms. The van der Waals surface area contributed by atoms with Gasteiger partial charge >= 0.3 is 5.97 Å². The molecule has 0 saturated carbocycles. The van der Waals surface area contributed by atoms with E-state index in [1.165, 1.54) is 13.3 Å². The van der Waals surface area contributed by atoms with Gasteiger partial charge in [0, 0.05) is 19.0 Å². The number of carboxylic acids is 1. The second kappa shape index (κ2) is 9.36. The Labute approximate surface area is 151 Å². The fraction of sp³-hybridized carbons (Fsp3) is 0.333. The van der Waals surface area contributed by atoms with Crippen molar-refractivity contribution in [3.63, 3.8) is 0 Å².